The van der Waals surface area contributed by atoms with E-state index in [-0.39, 0.29) is 21.2 Å². The number of Topliss-reactive ketones (excluding diaryl/α,β-unsaturated/α-hetero) is 1. The van der Waals surface area contributed by atoms with Crippen molar-refractivity contribution >= 4 is 44.9 Å². The van der Waals surface area contributed by atoms with Crippen LogP contribution in [0.3, 0.4) is 0 Å². The van der Waals surface area contributed by atoms with Crippen LogP contribution in [0.15, 0.2) is 40.9 Å². The molecule has 0 aliphatic rings. The fourth-order valence-corrected chi connectivity index (χ4v) is 2.83. The third kappa shape index (κ3) is 3.26. The third-order valence-electron chi connectivity index (χ3n) is 2.88. The number of rotatable bonds is 3. The first-order valence-electron chi connectivity index (χ1n) is 5.78. The second-order valence-electron chi connectivity index (χ2n) is 4.19. The van der Waals surface area contributed by atoms with Crippen LogP contribution in [0.25, 0.3) is 0 Å². The Bertz CT molecular complexity index is 738. The van der Waals surface area contributed by atoms with Crippen molar-refractivity contribution in [2.45, 2.75) is 5.92 Å². The molecular weight excluding hydrogens is 380 g/mol. The first kappa shape index (κ1) is 16.0. The molecule has 0 spiro atoms. The molecule has 0 N–H and O–H groups in total. The summed E-state index contributed by atoms with van der Waals surface area (Å²) in [6.07, 6.45) is 0. The first-order valence-corrected chi connectivity index (χ1v) is 7.33. The van der Waals surface area contributed by atoms with Gasteiger partial charge in [0.15, 0.2) is 5.78 Å². The molecule has 6 heteroatoms. The van der Waals surface area contributed by atoms with Gasteiger partial charge in [-0.05, 0) is 30.3 Å². The second kappa shape index (κ2) is 6.57. The maximum absolute atomic E-state index is 13.9. The normalized spacial score (nSPS) is 11.8. The molecule has 0 aromatic heterocycles. The van der Waals surface area contributed by atoms with Gasteiger partial charge in [0.1, 0.15) is 11.7 Å². The highest BCUT2D eigenvalue weighted by molar-refractivity contribution is 9.10. The number of hydrogen-bond donors (Lipinski definition) is 0. The van der Waals surface area contributed by atoms with Gasteiger partial charge in [-0.3, -0.25) is 4.79 Å². The van der Waals surface area contributed by atoms with Crippen LogP contribution >= 0.6 is 39.1 Å². The van der Waals surface area contributed by atoms with Crippen LogP contribution in [0.2, 0.25) is 10.0 Å². The molecule has 0 saturated heterocycles. The SMILES string of the molecule is N#CC(C(=O)c1ccc(Br)cc1F)c1c(Cl)cccc1Cl. The highest BCUT2D eigenvalue weighted by Gasteiger charge is 2.28. The average molecular weight is 387 g/mol. The molecular formula is C15H7BrCl2FNO. The molecule has 1 atom stereocenters. The molecule has 0 aliphatic carbocycles. The molecule has 0 fully saturated rings. The standard InChI is InChI=1S/C15H7BrCl2FNO/c16-8-4-5-9(13(19)6-8)15(21)10(7-20)14-11(17)2-1-3-12(14)18/h1-6,10H. The Morgan fingerprint density at radius 1 is 1.24 bits per heavy atom. The van der Waals surface area contributed by atoms with Crippen molar-refractivity contribution < 1.29 is 9.18 Å². The van der Waals surface area contributed by atoms with E-state index in [2.05, 4.69) is 15.9 Å². The molecule has 2 nitrogen and oxygen atoms in total. The molecule has 1 unspecified atom stereocenters. The smallest absolute Gasteiger partial charge is 0.187 e. The maximum atomic E-state index is 13.9. The van der Waals surface area contributed by atoms with Crippen LogP contribution < -0.4 is 0 Å². The summed E-state index contributed by atoms with van der Waals surface area (Å²) in [5, 5.41) is 9.67. The summed E-state index contributed by atoms with van der Waals surface area (Å²) in [6.45, 7) is 0. The zero-order chi connectivity index (χ0) is 15.6. The second-order valence-corrected chi connectivity index (χ2v) is 5.92. The lowest BCUT2D eigenvalue weighted by Crippen LogP contribution is -2.14. The van der Waals surface area contributed by atoms with E-state index < -0.39 is 17.5 Å². The molecule has 2 rings (SSSR count). The Hall–Kier alpha value is -1.41. The predicted octanol–water partition coefficient (Wildman–Crippen LogP) is 5.39. The van der Waals surface area contributed by atoms with Crippen molar-refractivity contribution in [1.29, 1.82) is 5.26 Å². The van der Waals surface area contributed by atoms with E-state index in [1.54, 1.807) is 6.07 Å². The van der Waals surface area contributed by atoms with Gasteiger partial charge in [-0.1, -0.05) is 45.2 Å². The predicted molar refractivity (Wildman–Crippen MR) is 83.2 cm³/mol. The van der Waals surface area contributed by atoms with Crippen molar-refractivity contribution in [1.82, 2.24) is 0 Å². The highest BCUT2D eigenvalue weighted by atomic mass is 79.9. The van der Waals surface area contributed by atoms with Crippen LogP contribution in [0, 0.1) is 17.1 Å². The van der Waals surface area contributed by atoms with Crippen molar-refractivity contribution in [3.63, 3.8) is 0 Å². The largest absolute Gasteiger partial charge is 0.292 e. The quantitative estimate of drug-likeness (QED) is 0.664. The topological polar surface area (TPSA) is 40.9 Å². The van der Waals surface area contributed by atoms with Crippen LogP contribution in [0.1, 0.15) is 21.8 Å². The first-order chi connectivity index (χ1) is 9.95. The van der Waals surface area contributed by atoms with Crippen molar-refractivity contribution in [3.8, 4) is 6.07 Å². The Balaban J connectivity index is 2.52. The summed E-state index contributed by atoms with van der Waals surface area (Å²) < 4.78 is 14.4. The number of ketones is 1. The Kier molecular flexibility index (Phi) is 5.00. The number of nitrogens with zero attached hydrogens (tertiary/aromatic N) is 1. The number of hydrogen-bond acceptors (Lipinski definition) is 2. The molecule has 2 aromatic carbocycles. The molecule has 0 saturated carbocycles. The van der Waals surface area contributed by atoms with E-state index in [4.69, 9.17) is 23.2 Å². The zero-order valence-corrected chi connectivity index (χ0v) is 13.5. The molecule has 0 radical (unpaired) electrons. The van der Waals surface area contributed by atoms with Gasteiger partial charge in [0.05, 0.1) is 11.6 Å². The van der Waals surface area contributed by atoms with Crippen molar-refractivity contribution in [2.75, 3.05) is 0 Å². The number of carbonyl (C=O) groups excluding carboxylic acids is 1. The van der Waals surface area contributed by atoms with Crippen LogP contribution in [0.4, 0.5) is 4.39 Å². The molecule has 0 amide bonds. The van der Waals surface area contributed by atoms with Gasteiger partial charge in [0.2, 0.25) is 0 Å². The number of nitriles is 1. The van der Waals surface area contributed by atoms with E-state index in [0.29, 0.717) is 4.47 Å². The summed E-state index contributed by atoms with van der Waals surface area (Å²) in [4.78, 5) is 12.4. The minimum absolute atomic E-state index is 0.180. The lowest BCUT2D eigenvalue weighted by Gasteiger charge is -2.13. The summed E-state index contributed by atoms with van der Waals surface area (Å²) in [6, 6.07) is 10.5. The zero-order valence-electron chi connectivity index (χ0n) is 10.4. The minimum Gasteiger partial charge on any atom is -0.292 e. The van der Waals surface area contributed by atoms with Gasteiger partial charge in [0.25, 0.3) is 0 Å². The molecule has 2 aromatic rings. The van der Waals surface area contributed by atoms with Gasteiger partial charge < -0.3 is 0 Å². The lowest BCUT2D eigenvalue weighted by molar-refractivity contribution is 0.0975. The monoisotopic (exact) mass is 385 g/mol. The summed E-state index contributed by atoms with van der Waals surface area (Å²) in [5.41, 5.74) is 0.0105. The number of halogens is 4. The van der Waals surface area contributed by atoms with Gasteiger partial charge in [-0.15, -0.1) is 0 Å². The average Bonchev–Trinajstić information content (AvgIpc) is 2.42. The van der Waals surface area contributed by atoms with Crippen LogP contribution in [0.5, 0.6) is 0 Å². The van der Waals surface area contributed by atoms with E-state index >= 15 is 0 Å². The fraction of sp³-hybridized carbons (Fsp3) is 0.0667. The van der Waals surface area contributed by atoms with Crippen LogP contribution in [-0.4, -0.2) is 5.78 Å². The van der Waals surface area contributed by atoms with Gasteiger partial charge in [0, 0.05) is 20.1 Å². The molecule has 0 heterocycles. The van der Waals surface area contributed by atoms with E-state index in [9.17, 15) is 14.4 Å². The molecule has 106 valence electrons. The molecule has 0 bridgehead atoms. The van der Waals surface area contributed by atoms with Crippen LogP contribution in [-0.2, 0) is 0 Å². The van der Waals surface area contributed by atoms with E-state index in [1.807, 2.05) is 6.07 Å². The Morgan fingerprint density at radius 3 is 2.38 bits per heavy atom. The number of carbonyl (C=O) groups is 1. The Morgan fingerprint density at radius 2 is 1.86 bits per heavy atom. The van der Waals surface area contributed by atoms with Crippen molar-refractivity contribution in [3.05, 3.63) is 67.9 Å². The van der Waals surface area contributed by atoms with Crippen molar-refractivity contribution in [2.24, 2.45) is 0 Å². The minimum atomic E-state index is -1.26. The Labute approximate surface area is 139 Å². The molecule has 21 heavy (non-hydrogen) atoms. The summed E-state index contributed by atoms with van der Waals surface area (Å²) in [5.74, 6) is -2.66. The third-order valence-corrected chi connectivity index (χ3v) is 4.03. The van der Waals surface area contributed by atoms with E-state index in [1.165, 1.54) is 24.3 Å². The maximum Gasteiger partial charge on any atom is 0.187 e. The summed E-state index contributed by atoms with van der Waals surface area (Å²) >= 11 is 15.1. The van der Waals surface area contributed by atoms with Gasteiger partial charge in [-0.25, -0.2) is 4.39 Å². The highest BCUT2D eigenvalue weighted by Crippen LogP contribution is 2.34. The molecule has 0 aliphatic heterocycles. The number of benzene rings is 2. The van der Waals surface area contributed by atoms with Gasteiger partial charge in [-0.2, -0.15) is 5.26 Å². The summed E-state index contributed by atoms with van der Waals surface area (Å²) in [7, 11) is 0. The fourth-order valence-electron chi connectivity index (χ4n) is 1.89. The van der Waals surface area contributed by atoms with Gasteiger partial charge >= 0.3 is 0 Å². The lowest BCUT2D eigenvalue weighted by atomic mass is 9.91. The van der Waals surface area contributed by atoms with E-state index in [0.717, 1.165) is 6.07 Å².